The van der Waals surface area contributed by atoms with Crippen LogP contribution in [0.3, 0.4) is 0 Å². The Hall–Kier alpha value is -1.43. The van der Waals surface area contributed by atoms with Gasteiger partial charge < -0.3 is 0 Å². The summed E-state index contributed by atoms with van der Waals surface area (Å²) in [6.45, 7) is 0.980. The van der Waals surface area contributed by atoms with Crippen molar-refractivity contribution < 1.29 is 4.79 Å². The molecule has 0 radical (unpaired) electrons. The van der Waals surface area contributed by atoms with E-state index in [0.717, 1.165) is 19.4 Å². The van der Waals surface area contributed by atoms with Gasteiger partial charge in [0, 0.05) is 7.05 Å². The highest BCUT2D eigenvalue weighted by molar-refractivity contribution is 5.93. The van der Waals surface area contributed by atoms with E-state index in [1.54, 1.807) is 18.1 Å². The minimum Gasteiger partial charge on any atom is -0.295 e. The van der Waals surface area contributed by atoms with Crippen molar-refractivity contribution in [3.63, 3.8) is 0 Å². The normalized spacial score (nSPS) is 21.9. The Morgan fingerprint density at radius 1 is 1.60 bits per heavy atom. The van der Waals surface area contributed by atoms with E-state index in [2.05, 4.69) is 20.3 Å². The number of nitrogens with one attached hydrogen (secondary N) is 1. The fraction of sp³-hybridized carbons (Fsp3) is 0.667. The monoisotopic (exact) mass is 209 g/mol. The van der Waals surface area contributed by atoms with Crippen LogP contribution >= 0.6 is 0 Å². The van der Waals surface area contributed by atoms with Crippen LogP contribution in [0.5, 0.6) is 0 Å². The van der Waals surface area contributed by atoms with Crippen LogP contribution in [-0.2, 0) is 11.8 Å². The summed E-state index contributed by atoms with van der Waals surface area (Å²) in [6.07, 6.45) is 3.55. The van der Waals surface area contributed by atoms with Gasteiger partial charge in [-0.3, -0.25) is 19.7 Å². The molecule has 1 amide bonds. The summed E-state index contributed by atoms with van der Waals surface area (Å²) in [5, 5.41) is 6.71. The van der Waals surface area contributed by atoms with Gasteiger partial charge in [-0.15, -0.1) is 5.10 Å². The SMILES string of the molecule is CN1CCCC1C(=O)Nc1ncn(C)n1. The Balaban J connectivity index is 1.97. The number of hydrogen-bond donors (Lipinski definition) is 1. The van der Waals surface area contributed by atoms with Crippen molar-refractivity contribution in [1.82, 2.24) is 19.7 Å². The maximum Gasteiger partial charge on any atom is 0.248 e. The minimum absolute atomic E-state index is 0.0128. The molecular formula is C9H15N5O. The van der Waals surface area contributed by atoms with Crippen LogP contribution in [0.25, 0.3) is 0 Å². The third-order valence-electron chi connectivity index (χ3n) is 2.66. The van der Waals surface area contributed by atoms with Crippen LogP contribution in [0.2, 0.25) is 0 Å². The van der Waals surface area contributed by atoms with Gasteiger partial charge in [0.2, 0.25) is 11.9 Å². The van der Waals surface area contributed by atoms with E-state index >= 15 is 0 Å². The van der Waals surface area contributed by atoms with Crippen LogP contribution in [0.4, 0.5) is 5.95 Å². The number of carbonyl (C=O) groups excluding carboxylic acids is 1. The number of aromatic nitrogens is 3. The first kappa shape index (κ1) is 10.1. The molecular weight excluding hydrogens is 194 g/mol. The van der Waals surface area contributed by atoms with Gasteiger partial charge in [0.15, 0.2) is 0 Å². The van der Waals surface area contributed by atoms with Gasteiger partial charge in [-0.2, -0.15) is 0 Å². The third kappa shape index (κ3) is 2.15. The lowest BCUT2D eigenvalue weighted by atomic mass is 10.2. The van der Waals surface area contributed by atoms with E-state index in [4.69, 9.17) is 0 Å². The number of hydrogen-bond acceptors (Lipinski definition) is 4. The van der Waals surface area contributed by atoms with Crippen molar-refractivity contribution in [1.29, 1.82) is 0 Å². The molecule has 1 aliphatic heterocycles. The van der Waals surface area contributed by atoms with Crippen LogP contribution in [0, 0.1) is 0 Å². The van der Waals surface area contributed by atoms with Gasteiger partial charge >= 0.3 is 0 Å². The number of rotatable bonds is 2. The predicted octanol–water partition coefficient (Wildman–Crippen LogP) is -0.152. The van der Waals surface area contributed by atoms with E-state index in [-0.39, 0.29) is 11.9 Å². The van der Waals surface area contributed by atoms with Crippen molar-refractivity contribution in [3.8, 4) is 0 Å². The van der Waals surface area contributed by atoms with Crippen molar-refractivity contribution in [3.05, 3.63) is 6.33 Å². The fourth-order valence-corrected chi connectivity index (χ4v) is 1.83. The van der Waals surface area contributed by atoms with E-state index in [1.807, 2.05) is 7.05 Å². The smallest absolute Gasteiger partial charge is 0.248 e. The third-order valence-corrected chi connectivity index (χ3v) is 2.66. The molecule has 0 bridgehead atoms. The Morgan fingerprint density at radius 2 is 2.40 bits per heavy atom. The Kier molecular flexibility index (Phi) is 2.68. The van der Waals surface area contributed by atoms with Gasteiger partial charge in [-0.25, -0.2) is 4.98 Å². The number of aryl methyl sites for hydroxylation is 1. The predicted molar refractivity (Wildman–Crippen MR) is 55.3 cm³/mol. The number of nitrogens with zero attached hydrogens (tertiary/aromatic N) is 4. The summed E-state index contributed by atoms with van der Waals surface area (Å²) in [7, 11) is 3.73. The van der Waals surface area contributed by atoms with Crippen molar-refractivity contribution in [2.75, 3.05) is 18.9 Å². The molecule has 0 spiro atoms. The van der Waals surface area contributed by atoms with Gasteiger partial charge in [-0.05, 0) is 26.4 Å². The lowest BCUT2D eigenvalue weighted by Crippen LogP contribution is -2.37. The highest BCUT2D eigenvalue weighted by atomic mass is 16.2. The number of likely N-dealkylation sites (tertiary alicyclic amines) is 1. The molecule has 1 fully saturated rings. The molecule has 1 atom stereocenters. The van der Waals surface area contributed by atoms with E-state index in [1.165, 1.54) is 0 Å². The summed E-state index contributed by atoms with van der Waals surface area (Å²) in [6, 6.07) is -0.0335. The standard InChI is InChI=1S/C9H15N5O/c1-13-5-3-4-7(13)8(15)11-9-10-6-14(2)12-9/h6-7H,3-5H2,1-2H3,(H,11,12,15). The highest BCUT2D eigenvalue weighted by Crippen LogP contribution is 2.15. The van der Waals surface area contributed by atoms with Gasteiger partial charge in [-0.1, -0.05) is 0 Å². The summed E-state index contributed by atoms with van der Waals surface area (Å²) in [4.78, 5) is 17.8. The largest absolute Gasteiger partial charge is 0.295 e. The summed E-state index contributed by atoms with van der Waals surface area (Å²) in [5.41, 5.74) is 0. The fourth-order valence-electron chi connectivity index (χ4n) is 1.83. The number of anilines is 1. The molecule has 1 saturated heterocycles. The molecule has 6 nitrogen and oxygen atoms in total. The maximum absolute atomic E-state index is 11.8. The zero-order chi connectivity index (χ0) is 10.8. The molecule has 0 aromatic carbocycles. The quantitative estimate of drug-likeness (QED) is 0.735. The first-order valence-corrected chi connectivity index (χ1v) is 5.03. The lowest BCUT2D eigenvalue weighted by molar-refractivity contribution is -0.120. The van der Waals surface area contributed by atoms with Crippen LogP contribution in [-0.4, -0.2) is 45.2 Å². The molecule has 1 aromatic rings. The Morgan fingerprint density at radius 3 is 2.93 bits per heavy atom. The average Bonchev–Trinajstić information content (AvgIpc) is 2.75. The molecule has 82 valence electrons. The number of carbonyl (C=O) groups is 1. The second-order valence-corrected chi connectivity index (χ2v) is 3.87. The van der Waals surface area contributed by atoms with Crippen LogP contribution in [0.15, 0.2) is 6.33 Å². The number of likely N-dealkylation sites (N-methyl/N-ethyl adjacent to an activating group) is 1. The molecule has 2 heterocycles. The topological polar surface area (TPSA) is 63.1 Å². The van der Waals surface area contributed by atoms with Crippen molar-refractivity contribution in [2.45, 2.75) is 18.9 Å². The molecule has 15 heavy (non-hydrogen) atoms. The van der Waals surface area contributed by atoms with Crippen LogP contribution in [0.1, 0.15) is 12.8 Å². The summed E-state index contributed by atoms with van der Waals surface area (Å²) < 4.78 is 1.56. The minimum atomic E-state index is -0.0335. The lowest BCUT2D eigenvalue weighted by Gasteiger charge is -2.17. The number of amides is 1. The molecule has 1 unspecified atom stereocenters. The second-order valence-electron chi connectivity index (χ2n) is 3.87. The Labute approximate surface area is 88.3 Å². The first-order valence-electron chi connectivity index (χ1n) is 5.03. The first-order chi connectivity index (χ1) is 7.16. The van der Waals surface area contributed by atoms with Gasteiger partial charge in [0.1, 0.15) is 6.33 Å². The summed E-state index contributed by atoms with van der Waals surface area (Å²) in [5.74, 6) is 0.365. The van der Waals surface area contributed by atoms with E-state index in [0.29, 0.717) is 5.95 Å². The molecule has 6 heteroatoms. The zero-order valence-electron chi connectivity index (χ0n) is 8.97. The van der Waals surface area contributed by atoms with E-state index in [9.17, 15) is 4.79 Å². The van der Waals surface area contributed by atoms with Crippen LogP contribution < -0.4 is 5.32 Å². The molecule has 0 saturated carbocycles. The summed E-state index contributed by atoms with van der Waals surface area (Å²) >= 11 is 0. The van der Waals surface area contributed by atoms with Crippen molar-refractivity contribution >= 4 is 11.9 Å². The highest BCUT2D eigenvalue weighted by Gasteiger charge is 2.28. The molecule has 0 aliphatic carbocycles. The van der Waals surface area contributed by atoms with Crippen molar-refractivity contribution in [2.24, 2.45) is 7.05 Å². The molecule has 2 rings (SSSR count). The van der Waals surface area contributed by atoms with Gasteiger partial charge in [0.05, 0.1) is 6.04 Å². The molecule has 1 N–H and O–H groups in total. The molecule has 1 aliphatic rings. The zero-order valence-corrected chi connectivity index (χ0v) is 8.97. The average molecular weight is 209 g/mol. The van der Waals surface area contributed by atoms with E-state index < -0.39 is 0 Å². The van der Waals surface area contributed by atoms with Gasteiger partial charge in [0.25, 0.3) is 0 Å². The second kappa shape index (κ2) is 3.98. The molecule has 1 aromatic heterocycles. The maximum atomic E-state index is 11.8. The Bertz CT molecular complexity index is 361.